The summed E-state index contributed by atoms with van der Waals surface area (Å²) in [5, 5.41) is 7.05. The summed E-state index contributed by atoms with van der Waals surface area (Å²) in [5.41, 5.74) is 0. The Labute approximate surface area is 191 Å². The molecule has 7 nitrogen and oxygen atoms in total. The van der Waals surface area contributed by atoms with Crippen LogP contribution in [0.2, 0.25) is 0 Å². The summed E-state index contributed by atoms with van der Waals surface area (Å²) in [6.45, 7) is 2.96. The smallest absolute Gasteiger partial charge is 0.243 e. The summed E-state index contributed by atoms with van der Waals surface area (Å²) in [4.78, 5) is 24.9. The molecule has 1 amide bonds. The van der Waals surface area contributed by atoms with E-state index in [1.807, 2.05) is 18.3 Å². The number of guanidine groups is 1. The van der Waals surface area contributed by atoms with Gasteiger partial charge in [-0.1, -0.05) is 25.3 Å². The Bertz CT molecular complexity index is 648. The van der Waals surface area contributed by atoms with Crippen LogP contribution in [0.4, 0.5) is 5.82 Å². The molecule has 162 valence electrons. The fraction of sp³-hybridized carbons (Fsp3) is 0.667. The number of amides is 1. The average Bonchev–Trinajstić information content (AvgIpc) is 3.19. The van der Waals surface area contributed by atoms with Crippen molar-refractivity contribution < 1.29 is 4.79 Å². The van der Waals surface area contributed by atoms with Gasteiger partial charge in [0.25, 0.3) is 0 Å². The quantitative estimate of drug-likeness (QED) is 0.347. The van der Waals surface area contributed by atoms with E-state index in [0.717, 1.165) is 37.8 Å². The lowest BCUT2D eigenvalue weighted by Crippen LogP contribution is -2.46. The van der Waals surface area contributed by atoms with E-state index in [2.05, 4.69) is 31.6 Å². The van der Waals surface area contributed by atoms with E-state index in [4.69, 9.17) is 0 Å². The van der Waals surface area contributed by atoms with Gasteiger partial charge in [-0.3, -0.25) is 4.79 Å². The molecule has 1 aromatic heterocycles. The standard InChI is InChI=1S/C21H34N6O.HI/c1-26(2)20(28)15-24-21(23-14-17-8-4-3-5-9-17)25-18-11-13-27(16-18)19-10-6-7-12-22-19;/h6-7,10,12,17-18H,3-5,8-9,11,13-16H2,1-2H3,(H2,23,24,25);1H. The summed E-state index contributed by atoms with van der Waals surface area (Å²) < 4.78 is 0. The second-order valence-corrected chi connectivity index (χ2v) is 8.10. The molecule has 2 aliphatic rings. The number of likely N-dealkylation sites (N-methyl/N-ethyl adjacent to an activating group) is 1. The molecule has 2 N–H and O–H groups in total. The van der Waals surface area contributed by atoms with Gasteiger partial charge in [-0.15, -0.1) is 24.0 Å². The summed E-state index contributed by atoms with van der Waals surface area (Å²) >= 11 is 0. The Hall–Kier alpha value is -1.58. The number of aromatic nitrogens is 1. The van der Waals surface area contributed by atoms with Crippen LogP contribution in [0.5, 0.6) is 0 Å². The van der Waals surface area contributed by atoms with E-state index in [9.17, 15) is 4.79 Å². The van der Waals surface area contributed by atoms with Crippen LogP contribution in [-0.4, -0.2) is 68.1 Å². The molecular weight excluding hydrogens is 479 g/mol. The Morgan fingerprint density at radius 3 is 2.72 bits per heavy atom. The highest BCUT2D eigenvalue weighted by atomic mass is 127. The molecule has 0 bridgehead atoms. The molecule has 2 fully saturated rings. The Kier molecular flexibility index (Phi) is 9.96. The number of nitrogens with one attached hydrogen (secondary N) is 2. The molecule has 29 heavy (non-hydrogen) atoms. The SMILES string of the molecule is CN(C)C(=O)CN=C(NCC1CCCCC1)NC1CCN(c2ccccn2)C1.I. The number of nitrogens with zero attached hydrogens (tertiary/aromatic N) is 4. The minimum Gasteiger partial charge on any atom is -0.356 e. The van der Waals surface area contributed by atoms with Crippen molar-refractivity contribution in [3.8, 4) is 0 Å². The van der Waals surface area contributed by atoms with Gasteiger partial charge in [0.2, 0.25) is 5.91 Å². The lowest BCUT2D eigenvalue weighted by Gasteiger charge is -2.24. The second-order valence-electron chi connectivity index (χ2n) is 8.10. The summed E-state index contributed by atoms with van der Waals surface area (Å²) in [7, 11) is 3.53. The van der Waals surface area contributed by atoms with Gasteiger partial charge >= 0.3 is 0 Å². The Balaban J connectivity index is 0.00000300. The summed E-state index contributed by atoms with van der Waals surface area (Å²) in [6, 6.07) is 6.31. The van der Waals surface area contributed by atoms with Gasteiger partial charge < -0.3 is 20.4 Å². The van der Waals surface area contributed by atoms with Crippen LogP contribution in [0.1, 0.15) is 38.5 Å². The molecule has 3 rings (SSSR count). The highest BCUT2D eigenvalue weighted by Crippen LogP contribution is 2.22. The Morgan fingerprint density at radius 1 is 1.24 bits per heavy atom. The van der Waals surface area contributed by atoms with Gasteiger partial charge in [0, 0.05) is 46.0 Å². The first-order valence-corrected chi connectivity index (χ1v) is 10.5. The third-order valence-corrected chi connectivity index (χ3v) is 5.66. The first kappa shape index (κ1) is 23.7. The highest BCUT2D eigenvalue weighted by molar-refractivity contribution is 14.0. The zero-order valence-corrected chi connectivity index (χ0v) is 20.0. The van der Waals surface area contributed by atoms with E-state index in [1.165, 1.54) is 32.1 Å². The molecule has 0 spiro atoms. The molecule has 8 heteroatoms. The molecule has 1 saturated carbocycles. The maximum Gasteiger partial charge on any atom is 0.243 e. The number of hydrogen-bond acceptors (Lipinski definition) is 4. The molecule has 1 unspecified atom stereocenters. The van der Waals surface area contributed by atoms with E-state index >= 15 is 0 Å². The number of anilines is 1. The molecule has 0 radical (unpaired) electrons. The molecular formula is C21H35IN6O. The molecule has 2 heterocycles. The van der Waals surface area contributed by atoms with Gasteiger partial charge in [0.05, 0.1) is 0 Å². The van der Waals surface area contributed by atoms with Crippen LogP contribution in [-0.2, 0) is 4.79 Å². The Morgan fingerprint density at radius 2 is 2.03 bits per heavy atom. The van der Waals surface area contributed by atoms with Crippen molar-refractivity contribution in [2.24, 2.45) is 10.9 Å². The van der Waals surface area contributed by atoms with Crippen LogP contribution >= 0.6 is 24.0 Å². The normalized spacial score (nSPS) is 20.1. The van der Waals surface area contributed by atoms with Gasteiger partial charge in [-0.2, -0.15) is 0 Å². The van der Waals surface area contributed by atoms with Crippen LogP contribution < -0.4 is 15.5 Å². The predicted molar refractivity (Wildman–Crippen MR) is 129 cm³/mol. The van der Waals surface area contributed by atoms with Crippen molar-refractivity contribution in [3.63, 3.8) is 0 Å². The number of carbonyl (C=O) groups excluding carboxylic acids is 1. The minimum atomic E-state index is 0. The van der Waals surface area contributed by atoms with Crippen LogP contribution in [0.25, 0.3) is 0 Å². The lowest BCUT2D eigenvalue weighted by atomic mass is 9.89. The number of hydrogen-bond donors (Lipinski definition) is 2. The second kappa shape index (κ2) is 12.2. The topological polar surface area (TPSA) is 72.9 Å². The molecule has 1 aromatic rings. The molecule has 1 aliphatic carbocycles. The summed E-state index contributed by atoms with van der Waals surface area (Å²) in [6.07, 6.45) is 9.45. The van der Waals surface area contributed by atoms with Gasteiger partial charge in [-0.05, 0) is 37.3 Å². The van der Waals surface area contributed by atoms with Crippen molar-refractivity contribution in [1.29, 1.82) is 0 Å². The van der Waals surface area contributed by atoms with Crippen molar-refractivity contribution in [3.05, 3.63) is 24.4 Å². The molecule has 0 aromatic carbocycles. The van der Waals surface area contributed by atoms with E-state index < -0.39 is 0 Å². The van der Waals surface area contributed by atoms with Gasteiger partial charge in [0.15, 0.2) is 5.96 Å². The van der Waals surface area contributed by atoms with E-state index in [-0.39, 0.29) is 36.4 Å². The van der Waals surface area contributed by atoms with Crippen molar-refractivity contribution in [1.82, 2.24) is 20.5 Å². The highest BCUT2D eigenvalue weighted by Gasteiger charge is 2.24. The van der Waals surface area contributed by atoms with Crippen LogP contribution in [0.3, 0.4) is 0 Å². The van der Waals surface area contributed by atoms with Crippen LogP contribution in [0.15, 0.2) is 29.4 Å². The zero-order valence-electron chi connectivity index (χ0n) is 17.6. The average molecular weight is 514 g/mol. The fourth-order valence-electron chi connectivity index (χ4n) is 3.89. The maximum absolute atomic E-state index is 12.0. The van der Waals surface area contributed by atoms with Crippen molar-refractivity contribution >= 4 is 41.7 Å². The lowest BCUT2D eigenvalue weighted by molar-refractivity contribution is -0.127. The maximum atomic E-state index is 12.0. The number of rotatable bonds is 6. The van der Waals surface area contributed by atoms with Crippen molar-refractivity contribution in [2.75, 3.05) is 45.2 Å². The molecule has 1 aliphatic heterocycles. The third kappa shape index (κ3) is 7.64. The van der Waals surface area contributed by atoms with Gasteiger partial charge in [0.1, 0.15) is 12.4 Å². The number of halogens is 1. The van der Waals surface area contributed by atoms with E-state index in [0.29, 0.717) is 12.0 Å². The first-order valence-electron chi connectivity index (χ1n) is 10.5. The monoisotopic (exact) mass is 514 g/mol. The van der Waals surface area contributed by atoms with Crippen LogP contribution in [0, 0.1) is 5.92 Å². The number of carbonyl (C=O) groups is 1. The minimum absolute atomic E-state index is 0. The molecule has 1 saturated heterocycles. The largest absolute Gasteiger partial charge is 0.356 e. The summed E-state index contributed by atoms with van der Waals surface area (Å²) in [5.74, 6) is 2.50. The predicted octanol–water partition coefficient (Wildman–Crippen LogP) is 2.48. The van der Waals surface area contributed by atoms with Gasteiger partial charge in [-0.25, -0.2) is 9.98 Å². The first-order chi connectivity index (χ1) is 13.6. The van der Waals surface area contributed by atoms with Crippen molar-refractivity contribution in [2.45, 2.75) is 44.6 Å². The number of pyridine rings is 1. The van der Waals surface area contributed by atoms with E-state index in [1.54, 1.807) is 19.0 Å². The third-order valence-electron chi connectivity index (χ3n) is 5.66. The molecule has 1 atom stereocenters. The number of aliphatic imine (C=N–C) groups is 1. The fourth-order valence-corrected chi connectivity index (χ4v) is 3.89. The zero-order chi connectivity index (χ0) is 19.8.